The molecule has 0 atom stereocenters. The van der Waals surface area contributed by atoms with Gasteiger partial charge in [-0.15, -0.1) is 0 Å². The highest BCUT2D eigenvalue weighted by atomic mass is 16.3. The van der Waals surface area contributed by atoms with Gasteiger partial charge in [-0.25, -0.2) is 9.67 Å². The smallest absolute Gasteiger partial charge is 0.194 e. The molecule has 1 aromatic carbocycles. The lowest BCUT2D eigenvalue weighted by Crippen LogP contribution is -2.02. The lowest BCUT2D eigenvalue weighted by molar-refractivity contribution is 0.603. The number of hydrogen-bond acceptors (Lipinski definition) is 4. The van der Waals surface area contributed by atoms with Gasteiger partial charge in [0.1, 0.15) is 11.9 Å². The van der Waals surface area contributed by atoms with Gasteiger partial charge in [0.15, 0.2) is 17.0 Å². The fourth-order valence-electron chi connectivity index (χ4n) is 1.73. The van der Waals surface area contributed by atoms with Gasteiger partial charge < -0.3 is 4.42 Å². The van der Waals surface area contributed by atoms with Gasteiger partial charge in [0.2, 0.25) is 0 Å². The van der Waals surface area contributed by atoms with Gasteiger partial charge in [0.05, 0.1) is 5.39 Å². The summed E-state index contributed by atoms with van der Waals surface area (Å²) in [5, 5.41) is 4.51. The van der Waals surface area contributed by atoms with Crippen molar-refractivity contribution in [3.8, 4) is 11.6 Å². The number of aromatic nitrogens is 3. The van der Waals surface area contributed by atoms with Gasteiger partial charge in [-0.3, -0.25) is 4.79 Å². The van der Waals surface area contributed by atoms with Crippen molar-refractivity contribution >= 4 is 11.0 Å². The minimum Gasteiger partial charge on any atom is -0.452 e. The number of aryl methyl sites for hydroxylation is 1. The average Bonchev–Trinajstić information content (AvgIpc) is 2.75. The highest BCUT2D eigenvalue weighted by Crippen LogP contribution is 2.18. The predicted molar refractivity (Wildman–Crippen MR) is 62.5 cm³/mol. The fourth-order valence-corrected chi connectivity index (χ4v) is 1.73. The second-order valence-electron chi connectivity index (χ2n) is 3.68. The van der Waals surface area contributed by atoms with Crippen LogP contribution in [0.4, 0.5) is 0 Å². The molecule has 0 bridgehead atoms. The minimum absolute atomic E-state index is 0.0788. The van der Waals surface area contributed by atoms with Gasteiger partial charge in [-0.1, -0.05) is 12.1 Å². The van der Waals surface area contributed by atoms with E-state index in [1.165, 1.54) is 12.4 Å². The normalized spacial score (nSPS) is 10.9. The third kappa shape index (κ3) is 1.52. The molecule has 5 nitrogen and oxygen atoms in total. The number of rotatable bonds is 1. The third-order valence-electron chi connectivity index (χ3n) is 2.57. The van der Waals surface area contributed by atoms with Gasteiger partial charge >= 0.3 is 0 Å². The molecule has 0 radical (unpaired) electrons. The molecule has 3 rings (SSSR count). The zero-order chi connectivity index (χ0) is 11.8. The SMILES string of the molecule is Cn1ncnc1-c1cc(=O)c2ccccc2o1. The maximum absolute atomic E-state index is 11.9. The van der Waals surface area contributed by atoms with Crippen molar-refractivity contribution in [2.75, 3.05) is 0 Å². The van der Waals surface area contributed by atoms with Crippen LogP contribution in [0.25, 0.3) is 22.6 Å². The molecule has 0 N–H and O–H groups in total. The molecule has 84 valence electrons. The Bertz CT molecular complexity index is 743. The van der Waals surface area contributed by atoms with Crippen molar-refractivity contribution in [1.29, 1.82) is 0 Å². The maximum Gasteiger partial charge on any atom is 0.194 e. The lowest BCUT2D eigenvalue weighted by atomic mass is 10.2. The van der Waals surface area contributed by atoms with Crippen molar-refractivity contribution in [2.45, 2.75) is 0 Å². The van der Waals surface area contributed by atoms with E-state index in [0.717, 1.165) is 0 Å². The summed E-state index contributed by atoms with van der Waals surface area (Å²) in [5.41, 5.74) is 0.475. The highest BCUT2D eigenvalue weighted by molar-refractivity contribution is 5.77. The average molecular weight is 227 g/mol. The third-order valence-corrected chi connectivity index (χ3v) is 2.57. The first kappa shape index (κ1) is 9.77. The topological polar surface area (TPSA) is 60.9 Å². The van der Waals surface area contributed by atoms with E-state index < -0.39 is 0 Å². The first-order valence-corrected chi connectivity index (χ1v) is 5.13. The molecule has 0 aliphatic rings. The molecule has 2 heterocycles. The van der Waals surface area contributed by atoms with E-state index >= 15 is 0 Å². The van der Waals surface area contributed by atoms with Crippen molar-refractivity contribution in [3.63, 3.8) is 0 Å². The fraction of sp³-hybridized carbons (Fsp3) is 0.0833. The summed E-state index contributed by atoms with van der Waals surface area (Å²) >= 11 is 0. The molecule has 0 aliphatic carbocycles. The Morgan fingerprint density at radius 1 is 1.29 bits per heavy atom. The van der Waals surface area contributed by atoms with Crippen LogP contribution in [0.1, 0.15) is 0 Å². The Morgan fingerprint density at radius 2 is 2.12 bits per heavy atom. The van der Waals surface area contributed by atoms with Crippen molar-refractivity contribution in [3.05, 3.63) is 46.9 Å². The summed E-state index contributed by atoms with van der Waals surface area (Å²) in [4.78, 5) is 15.9. The van der Waals surface area contributed by atoms with Crippen LogP contribution in [-0.2, 0) is 7.05 Å². The molecule has 0 saturated heterocycles. The summed E-state index contributed by atoms with van der Waals surface area (Å²) in [6.07, 6.45) is 1.42. The molecule has 2 aromatic heterocycles. The molecule has 3 aromatic rings. The highest BCUT2D eigenvalue weighted by Gasteiger charge is 2.10. The molecular formula is C12H9N3O2. The summed E-state index contributed by atoms with van der Waals surface area (Å²) in [6, 6.07) is 8.57. The summed E-state index contributed by atoms with van der Waals surface area (Å²) < 4.78 is 7.21. The molecule has 5 heteroatoms. The first-order valence-electron chi connectivity index (χ1n) is 5.13. The van der Waals surface area contributed by atoms with Gasteiger partial charge in [0.25, 0.3) is 0 Å². The Kier molecular flexibility index (Phi) is 2.04. The molecule has 0 fully saturated rings. The van der Waals surface area contributed by atoms with Crippen LogP contribution in [-0.4, -0.2) is 14.8 Å². The monoisotopic (exact) mass is 227 g/mol. The van der Waals surface area contributed by atoms with Crippen LogP contribution in [0.3, 0.4) is 0 Å². The van der Waals surface area contributed by atoms with Crippen LogP contribution >= 0.6 is 0 Å². The zero-order valence-corrected chi connectivity index (χ0v) is 9.12. The standard InChI is InChI=1S/C12H9N3O2/c1-15-12(13-7-14-15)11-6-9(16)8-4-2-3-5-10(8)17-11/h2-7H,1H3. The van der Waals surface area contributed by atoms with E-state index in [9.17, 15) is 4.79 Å². The molecular weight excluding hydrogens is 218 g/mol. The van der Waals surface area contributed by atoms with Crippen LogP contribution in [0.2, 0.25) is 0 Å². The Labute approximate surface area is 96.3 Å². The van der Waals surface area contributed by atoms with Crippen molar-refractivity contribution in [2.24, 2.45) is 7.05 Å². The number of fused-ring (bicyclic) bond motifs is 1. The number of para-hydroxylation sites is 1. The van der Waals surface area contributed by atoms with Gasteiger partial charge in [-0.2, -0.15) is 5.10 Å². The predicted octanol–water partition coefficient (Wildman–Crippen LogP) is 1.59. The van der Waals surface area contributed by atoms with E-state index in [-0.39, 0.29) is 5.43 Å². The van der Waals surface area contributed by atoms with E-state index in [0.29, 0.717) is 22.6 Å². The lowest BCUT2D eigenvalue weighted by Gasteiger charge is -2.01. The van der Waals surface area contributed by atoms with Crippen molar-refractivity contribution in [1.82, 2.24) is 14.8 Å². The zero-order valence-electron chi connectivity index (χ0n) is 9.12. The largest absolute Gasteiger partial charge is 0.452 e. The van der Waals surface area contributed by atoms with Crippen LogP contribution in [0, 0.1) is 0 Å². The molecule has 0 amide bonds. The Hall–Kier alpha value is -2.43. The minimum atomic E-state index is -0.0788. The van der Waals surface area contributed by atoms with E-state index in [4.69, 9.17) is 4.42 Å². The molecule has 17 heavy (non-hydrogen) atoms. The van der Waals surface area contributed by atoms with Gasteiger partial charge in [0, 0.05) is 13.1 Å². The van der Waals surface area contributed by atoms with E-state index in [1.54, 1.807) is 29.9 Å². The summed E-state index contributed by atoms with van der Waals surface area (Å²) in [5.74, 6) is 0.960. The molecule has 0 unspecified atom stereocenters. The molecule has 0 aliphatic heterocycles. The second kappa shape index (κ2) is 3.55. The van der Waals surface area contributed by atoms with Gasteiger partial charge in [-0.05, 0) is 12.1 Å². The van der Waals surface area contributed by atoms with E-state index in [2.05, 4.69) is 10.1 Å². The van der Waals surface area contributed by atoms with Crippen LogP contribution in [0.5, 0.6) is 0 Å². The molecule has 0 spiro atoms. The maximum atomic E-state index is 11.9. The number of benzene rings is 1. The second-order valence-corrected chi connectivity index (χ2v) is 3.68. The number of hydrogen-bond donors (Lipinski definition) is 0. The van der Waals surface area contributed by atoms with Crippen LogP contribution < -0.4 is 5.43 Å². The van der Waals surface area contributed by atoms with E-state index in [1.807, 2.05) is 6.07 Å². The number of nitrogens with zero attached hydrogens (tertiary/aromatic N) is 3. The van der Waals surface area contributed by atoms with Crippen molar-refractivity contribution < 1.29 is 4.42 Å². The Morgan fingerprint density at radius 3 is 2.88 bits per heavy atom. The molecule has 0 saturated carbocycles. The summed E-state index contributed by atoms with van der Waals surface area (Å²) in [7, 11) is 1.75. The van der Waals surface area contributed by atoms with Crippen LogP contribution in [0.15, 0.2) is 45.9 Å². The first-order chi connectivity index (χ1) is 8.25. The summed E-state index contributed by atoms with van der Waals surface area (Å²) in [6.45, 7) is 0. The Balaban J connectivity index is 2.33. The quantitative estimate of drug-likeness (QED) is 0.633.